The van der Waals surface area contributed by atoms with E-state index in [1.807, 2.05) is 0 Å². The minimum absolute atomic E-state index is 0.0112. The number of rotatable bonds is 4. The molecule has 0 saturated carbocycles. The van der Waals surface area contributed by atoms with Crippen molar-refractivity contribution in [2.75, 3.05) is 21.3 Å². The number of nitrogens with zero attached hydrogens (tertiary/aromatic N) is 1. The third-order valence-electron chi connectivity index (χ3n) is 4.52. The van der Waals surface area contributed by atoms with Crippen LogP contribution in [0.25, 0.3) is 5.76 Å². The molecule has 0 radical (unpaired) electrons. The summed E-state index contributed by atoms with van der Waals surface area (Å²) >= 11 is 5.93. The highest BCUT2D eigenvalue weighted by Crippen LogP contribution is 2.39. The summed E-state index contributed by atoms with van der Waals surface area (Å²) in [7, 11) is 4.50. The summed E-state index contributed by atoms with van der Waals surface area (Å²) in [5, 5.41) is 11.4. The van der Waals surface area contributed by atoms with Gasteiger partial charge in [0.05, 0.1) is 25.8 Å². The quantitative estimate of drug-likeness (QED) is 0.494. The number of halogens is 1. The van der Waals surface area contributed by atoms with Crippen molar-refractivity contribution < 1.29 is 24.2 Å². The molecule has 0 unspecified atom stereocenters. The third kappa shape index (κ3) is 3.24. The monoisotopic (exact) mass is 387 g/mol. The lowest BCUT2D eigenvalue weighted by molar-refractivity contribution is -0.139. The Labute approximate surface area is 161 Å². The van der Waals surface area contributed by atoms with Crippen molar-refractivity contribution in [3.63, 3.8) is 0 Å². The fraction of sp³-hybridized carbons (Fsp3) is 0.200. The molecule has 1 atom stereocenters. The predicted octanol–water partition coefficient (Wildman–Crippen LogP) is 3.41. The normalized spacial score (nSPS) is 18.7. The lowest BCUT2D eigenvalue weighted by Gasteiger charge is -2.21. The van der Waals surface area contributed by atoms with Gasteiger partial charge in [-0.15, -0.1) is 0 Å². The maximum absolute atomic E-state index is 12.6. The zero-order valence-corrected chi connectivity index (χ0v) is 15.8. The van der Waals surface area contributed by atoms with Crippen LogP contribution in [0.2, 0.25) is 5.02 Å². The van der Waals surface area contributed by atoms with Gasteiger partial charge in [-0.25, -0.2) is 0 Å². The Bertz CT molecular complexity index is 936. The first-order valence-electron chi connectivity index (χ1n) is 8.11. The molecule has 7 heteroatoms. The van der Waals surface area contributed by atoms with Crippen LogP contribution in [-0.4, -0.2) is 43.0 Å². The number of likely N-dealkylation sites (tertiary alicyclic amines) is 1. The SMILES string of the molecule is COc1ccc(C(O)=C2C(=O)C(=O)N(C)[C@H]2c2ccc(Cl)cc2)cc1OC. The number of benzene rings is 2. The number of hydrogen-bond acceptors (Lipinski definition) is 5. The number of amides is 1. The fourth-order valence-electron chi connectivity index (χ4n) is 3.12. The Morgan fingerprint density at radius 1 is 1.04 bits per heavy atom. The first kappa shape index (κ1) is 18.8. The molecule has 1 fully saturated rings. The standard InChI is InChI=1S/C20H18ClNO5/c1-22-17(11-4-7-13(21)8-5-11)16(19(24)20(22)25)18(23)12-6-9-14(26-2)15(10-12)27-3/h4-10,17,23H,1-3H3/t17-/m0/s1. The average Bonchev–Trinajstić information content (AvgIpc) is 2.91. The topological polar surface area (TPSA) is 76.1 Å². The molecule has 1 heterocycles. The number of aliphatic hydroxyl groups is 1. The van der Waals surface area contributed by atoms with Crippen LogP contribution in [0.4, 0.5) is 0 Å². The van der Waals surface area contributed by atoms with Gasteiger partial charge in [-0.1, -0.05) is 23.7 Å². The minimum atomic E-state index is -0.746. The molecule has 1 aliphatic rings. The number of Topliss-reactive ketones (excluding diaryl/α,β-unsaturated/α-hetero) is 1. The van der Waals surface area contributed by atoms with Crippen molar-refractivity contribution in [1.29, 1.82) is 0 Å². The van der Waals surface area contributed by atoms with Crippen LogP contribution in [-0.2, 0) is 9.59 Å². The van der Waals surface area contributed by atoms with Crippen LogP contribution in [0.15, 0.2) is 48.0 Å². The smallest absolute Gasteiger partial charge is 0.295 e. The molecule has 0 aliphatic carbocycles. The fourth-order valence-corrected chi connectivity index (χ4v) is 3.25. The van der Waals surface area contributed by atoms with Gasteiger partial charge in [0, 0.05) is 17.6 Å². The molecule has 2 aromatic carbocycles. The summed E-state index contributed by atoms with van der Waals surface area (Å²) < 4.78 is 10.4. The molecule has 0 aromatic heterocycles. The van der Waals surface area contributed by atoms with E-state index in [2.05, 4.69) is 0 Å². The van der Waals surface area contributed by atoms with E-state index in [0.29, 0.717) is 27.6 Å². The van der Waals surface area contributed by atoms with E-state index in [-0.39, 0.29) is 11.3 Å². The second-order valence-corrected chi connectivity index (χ2v) is 6.47. The van der Waals surface area contributed by atoms with Crippen molar-refractivity contribution in [2.24, 2.45) is 0 Å². The number of likely N-dealkylation sites (N-methyl/N-ethyl adjacent to an activating group) is 1. The number of carbonyl (C=O) groups excluding carboxylic acids is 2. The second-order valence-electron chi connectivity index (χ2n) is 6.03. The van der Waals surface area contributed by atoms with Crippen molar-refractivity contribution in [3.05, 3.63) is 64.2 Å². The van der Waals surface area contributed by atoms with E-state index in [1.54, 1.807) is 42.5 Å². The molecule has 0 spiro atoms. The predicted molar refractivity (Wildman–Crippen MR) is 101 cm³/mol. The largest absolute Gasteiger partial charge is 0.507 e. The molecule has 6 nitrogen and oxygen atoms in total. The molecule has 0 bridgehead atoms. The van der Waals surface area contributed by atoms with Crippen molar-refractivity contribution in [1.82, 2.24) is 4.90 Å². The Kier molecular flexibility index (Phi) is 5.10. The molecule has 1 amide bonds. The van der Waals surface area contributed by atoms with E-state index in [4.69, 9.17) is 21.1 Å². The van der Waals surface area contributed by atoms with Gasteiger partial charge in [0.15, 0.2) is 11.5 Å². The Morgan fingerprint density at radius 2 is 1.67 bits per heavy atom. The molecular weight excluding hydrogens is 370 g/mol. The number of hydrogen-bond donors (Lipinski definition) is 1. The maximum Gasteiger partial charge on any atom is 0.295 e. The lowest BCUT2D eigenvalue weighted by Crippen LogP contribution is -2.24. The van der Waals surface area contributed by atoms with Crippen LogP contribution in [0.1, 0.15) is 17.2 Å². The van der Waals surface area contributed by atoms with Crippen molar-refractivity contribution >= 4 is 29.1 Å². The van der Waals surface area contributed by atoms with Crippen molar-refractivity contribution in [2.45, 2.75) is 6.04 Å². The van der Waals surface area contributed by atoms with Crippen molar-refractivity contribution in [3.8, 4) is 11.5 Å². The van der Waals surface area contributed by atoms with Crippen LogP contribution < -0.4 is 9.47 Å². The van der Waals surface area contributed by atoms with E-state index in [0.717, 1.165) is 0 Å². The van der Waals surface area contributed by atoms with Gasteiger partial charge < -0.3 is 19.5 Å². The molecule has 1 saturated heterocycles. The summed E-state index contributed by atoms with van der Waals surface area (Å²) in [5.41, 5.74) is 1.03. The van der Waals surface area contributed by atoms with Gasteiger partial charge >= 0.3 is 0 Å². The Morgan fingerprint density at radius 3 is 2.26 bits per heavy atom. The summed E-state index contributed by atoms with van der Waals surface area (Å²) in [6, 6.07) is 10.8. The first-order valence-corrected chi connectivity index (χ1v) is 8.49. The number of ketones is 1. The number of carbonyl (C=O) groups is 2. The third-order valence-corrected chi connectivity index (χ3v) is 4.77. The van der Waals surface area contributed by atoms with Crippen LogP contribution >= 0.6 is 11.6 Å². The van der Waals surface area contributed by atoms with E-state index in [1.165, 1.54) is 26.2 Å². The van der Waals surface area contributed by atoms with Gasteiger partial charge in [-0.3, -0.25) is 9.59 Å². The molecular formula is C20H18ClNO5. The average molecular weight is 388 g/mol. The molecule has 3 rings (SSSR count). The van der Waals surface area contributed by atoms with Gasteiger partial charge in [0.1, 0.15) is 5.76 Å². The maximum atomic E-state index is 12.6. The number of ether oxygens (including phenoxy) is 2. The van der Waals surface area contributed by atoms with Crippen LogP contribution in [0, 0.1) is 0 Å². The summed E-state index contributed by atoms with van der Waals surface area (Å²) in [5.74, 6) is -0.824. The second kappa shape index (κ2) is 7.32. The summed E-state index contributed by atoms with van der Waals surface area (Å²) in [4.78, 5) is 26.2. The molecule has 2 aromatic rings. The molecule has 1 N–H and O–H groups in total. The van der Waals surface area contributed by atoms with Gasteiger partial charge in [-0.05, 0) is 35.9 Å². The first-order chi connectivity index (χ1) is 12.9. The Balaban J connectivity index is 2.16. The van der Waals surface area contributed by atoms with E-state index >= 15 is 0 Å². The highest BCUT2D eigenvalue weighted by atomic mass is 35.5. The Hall–Kier alpha value is -2.99. The van der Waals surface area contributed by atoms with Crippen LogP contribution in [0.5, 0.6) is 11.5 Å². The number of methoxy groups -OCH3 is 2. The van der Waals surface area contributed by atoms with Crippen LogP contribution in [0.3, 0.4) is 0 Å². The molecule has 1 aliphatic heterocycles. The highest BCUT2D eigenvalue weighted by Gasteiger charge is 2.44. The lowest BCUT2D eigenvalue weighted by atomic mass is 9.95. The van der Waals surface area contributed by atoms with Gasteiger partial charge in [0.25, 0.3) is 11.7 Å². The van der Waals surface area contributed by atoms with Gasteiger partial charge in [-0.2, -0.15) is 0 Å². The zero-order chi connectivity index (χ0) is 19.7. The summed E-state index contributed by atoms with van der Waals surface area (Å²) in [6.45, 7) is 0. The zero-order valence-electron chi connectivity index (χ0n) is 15.0. The number of aliphatic hydroxyl groups excluding tert-OH is 1. The minimum Gasteiger partial charge on any atom is -0.507 e. The van der Waals surface area contributed by atoms with E-state index < -0.39 is 17.7 Å². The molecule has 140 valence electrons. The van der Waals surface area contributed by atoms with Gasteiger partial charge in [0.2, 0.25) is 0 Å². The highest BCUT2D eigenvalue weighted by molar-refractivity contribution is 6.46. The summed E-state index contributed by atoms with van der Waals surface area (Å²) in [6.07, 6.45) is 0. The molecule has 27 heavy (non-hydrogen) atoms. The van der Waals surface area contributed by atoms with E-state index in [9.17, 15) is 14.7 Å².